The van der Waals surface area contributed by atoms with E-state index in [2.05, 4.69) is 4.74 Å². The molecule has 0 fully saturated rings. The third-order valence-electron chi connectivity index (χ3n) is 2.37. The van der Waals surface area contributed by atoms with Crippen LogP contribution in [0, 0.1) is 5.41 Å². The van der Waals surface area contributed by atoms with Crippen LogP contribution < -0.4 is 0 Å². The Morgan fingerprint density at radius 1 is 1.00 bits per heavy atom. The Hall–Kier alpha value is -2.37. The molecule has 0 spiro atoms. The quantitative estimate of drug-likeness (QED) is 0.631. The van der Waals surface area contributed by atoms with Gasteiger partial charge in [0.05, 0.1) is 13.0 Å². The number of hydrogen-bond donors (Lipinski definition) is 2. The van der Waals surface area contributed by atoms with E-state index in [0.29, 0.717) is 0 Å². The van der Waals surface area contributed by atoms with Gasteiger partial charge in [0.25, 0.3) is 0 Å². The van der Waals surface area contributed by atoms with Gasteiger partial charge in [0, 0.05) is 0 Å². The number of aliphatic carboxylic acids is 2. The average Bonchev–Trinajstić information content (AvgIpc) is 2.40. The van der Waals surface area contributed by atoms with Crippen LogP contribution in [0.25, 0.3) is 0 Å². The van der Waals surface area contributed by atoms with Crippen molar-refractivity contribution in [2.24, 2.45) is 5.41 Å². The lowest BCUT2D eigenvalue weighted by Crippen LogP contribution is -2.39. The van der Waals surface area contributed by atoms with Crippen LogP contribution in [0.4, 0.5) is 0 Å². The predicted molar refractivity (Wildman–Crippen MR) is 71.1 cm³/mol. The summed E-state index contributed by atoms with van der Waals surface area (Å²) >= 11 is 0. The summed E-state index contributed by atoms with van der Waals surface area (Å²) in [5.41, 5.74) is -2.01. The van der Waals surface area contributed by atoms with Gasteiger partial charge in [0.15, 0.2) is 5.41 Å². The number of carboxylic acid groups (broad SMARTS) is 2. The van der Waals surface area contributed by atoms with Crippen LogP contribution >= 0.6 is 0 Å². The largest absolute Gasteiger partial charge is 0.481 e. The highest BCUT2D eigenvalue weighted by Crippen LogP contribution is 2.23. The van der Waals surface area contributed by atoms with Crippen molar-refractivity contribution >= 4 is 17.9 Å². The fourth-order valence-corrected chi connectivity index (χ4v) is 1.21. The highest BCUT2D eigenvalue weighted by molar-refractivity contribution is 6.01. The van der Waals surface area contributed by atoms with E-state index in [1.54, 1.807) is 0 Å². The highest BCUT2D eigenvalue weighted by atomic mass is 16.5. The molecule has 0 saturated carbocycles. The van der Waals surface area contributed by atoms with Gasteiger partial charge in [-0.2, -0.15) is 0 Å². The lowest BCUT2D eigenvalue weighted by atomic mass is 9.87. The number of esters is 1. The third kappa shape index (κ3) is 5.99. The first kappa shape index (κ1) is 17.6. The second kappa shape index (κ2) is 8.68. The first-order valence-electron chi connectivity index (χ1n) is 5.97. The van der Waals surface area contributed by atoms with Gasteiger partial charge < -0.3 is 14.9 Å². The van der Waals surface area contributed by atoms with Gasteiger partial charge in [-0.25, -0.2) is 0 Å². The van der Waals surface area contributed by atoms with Gasteiger partial charge in [0.1, 0.15) is 0 Å². The summed E-state index contributed by atoms with van der Waals surface area (Å²) in [7, 11) is 0. The average molecular weight is 282 g/mol. The first-order chi connectivity index (χ1) is 9.34. The Morgan fingerprint density at radius 3 is 1.65 bits per heavy atom. The lowest BCUT2D eigenvalue weighted by Gasteiger charge is -2.19. The molecular formula is C14H18O6. The maximum Gasteiger partial charge on any atom is 0.323 e. The fourth-order valence-electron chi connectivity index (χ4n) is 1.21. The number of carbonyl (C=O) groups excluding carboxylic acids is 1. The van der Waals surface area contributed by atoms with E-state index < -0.39 is 29.7 Å². The number of hydrogen-bond acceptors (Lipinski definition) is 4. The number of rotatable bonds is 5. The molecule has 0 aliphatic rings. The second-order valence-corrected chi connectivity index (χ2v) is 4.08. The Balaban J connectivity index is 0.000000493. The van der Waals surface area contributed by atoms with Gasteiger partial charge in [-0.05, 0) is 13.8 Å². The van der Waals surface area contributed by atoms with Crippen molar-refractivity contribution in [1.29, 1.82) is 0 Å². The molecule has 1 unspecified atom stereocenters. The third-order valence-corrected chi connectivity index (χ3v) is 2.37. The van der Waals surface area contributed by atoms with E-state index in [1.807, 2.05) is 36.4 Å². The Bertz CT molecular complexity index is 416. The minimum atomic E-state index is -2.01. The molecule has 1 aromatic rings. The number of benzene rings is 1. The Morgan fingerprint density at radius 2 is 1.40 bits per heavy atom. The molecule has 0 heterocycles. The van der Waals surface area contributed by atoms with Crippen molar-refractivity contribution in [2.45, 2.75) is 20.3 Å². The molecule has 1 aromatic carbocycles. The zero-order valence-corrected chi connectivity index (χ0v) is 11.4. The molecule has 0 bridgehead atoms. The molecule has 0 amide bonds. The van der Waals surface area contributed by atoms with Crippen molar-refractivity contribution < 1.29 is 29.3 Å². The molecule has 0 aliphatic carbocycles. The van der Waals surface area contributed by atoms with Crippen LogP contribution in [0.1, 0.15) is 20.3 Å². The molecular weight excluding hydrogens is 264 g/mol. The van der Waals surface area contributed by atoms with Crippen molar-refractivity contribution in [3.8, 4) is 0 Å². The normalized spacial score (nSPS) is 12.3. The van der Waals surface area contributed by atoms with Gasteiger partial charge in [0.2, 0.25) is 0 Å². The van der Waals surface area contributed by atoms with E-state index >= 15 is 0 Å². The topological polar surface area (TPSA) is 101 Å². The second-order valence-electron chi connectivity index (χ2n) is 4.08. The summed E-state index contributed by atoms with van der Waals surface area (Å²) in [5.74, 6) is -3.89. The van der Waals surface area contributed by atoms with Gasteiger partial charge in [-0.3, -0.25) is 14.4 Å². The van der Waals surface area contributed by atoms with Crippen LogP contribution in [-0.4, -0.2) is 34.7 Å². The van der Waals surface area contributed by atoms with E-state index in [0.717, 1.165) is 6.92 Å². The molecule has 0 aromatic heterocycles. The van der Waals surface area contributed by atoms with Gasteiger partial charge in [-0.1, -0.05) is 36.4 Å². The summed E-state index contributed by atoms with van der Waals surface area (Å²) < 4.78 is 4.49. The molecule has 6 nitrogen and oxygen atoms in total. The van der Waals surface area contributed by atoms with Crippen LogP contribution in [0.15, 0.2) is 36.4 Å². The molecule has 2 N–H and O–H groups in total. The maximum absolute atomic E-state index is 11.2. The summed E-state index contributed by atoms with van der Waals surface area (Å²) in [6.45, 7) is 2.56. The summed E-state index contributed by atoms with van der Waals surface area (Å²) in [5, 5.41) is 17.2. The standard InChI is InChI=1S/C8H12O6.C6H6/c1-3-14-7(13)8(2,6(11)12)4-5(9)10;1-2-4-6-5-3-1/h3-4H2,1-2H3,(H,9,10)(H,11,12);1-6H. The van der Waals surface area contributed by atoms with Crippen molar-refractivity contribution in [2.75, 3.05) is 6.61 Å². The zero-order valence-electron chi connectivity index (χ0n) is 11.4. The zero-order chi connectivity index (χ0) is 15.6. The van der Waals surface area contributed by atoms with Crippen LogP contribution in [0.3, 0.4) is 0 Å². The highest BCUT2D eigenvalue weighted by Gasteiger charge is 2.44. The Kier molecular flexibility index (Phi) is 7.65. The van der Waals surface area contributed by atoms with E-state index in [1.165, 1.54) is 6.92 Å². The van der Waals surface area contributed by atoms with Gasteiger partial charge >= 0.3 is 17.9 Å². The minimum absolute atomic E-state index is 0.0152. The predicted octanol–water partition coefficient (Wildman–Crippen LogP) is 1.80. The number of carboxylic acids is 2. The Labute approximate surface area is 117 Å². The number of ether oxygens (including phenoxy) is 1. The molecule has 1 rings (SSSR count). The monoisotopic (exact) mass is 282 g/mol. The van der Waals surface area contributed by atoms with Crippen molar-refractivity contribution in [3.05, 3.63) is 36.4 Å². The number of carbonyl (C=O) groups is 3. The van der Waals surface area contributed by atoms with E-state index in [-0.39, 0.29) is 6.61 Å². The van der Waals surface area contributed by atoms with Crippen LogP contribution in [0.5, 0.6) is 0 Å². The maximum atomic E-state index is 11.2. The SMILES string of the molecule is CCOC(=O)C(C)(CC(=O)O)C(=O)O.c1ccccc1. The smallest absolute Gasteiger partial charge is 0.323 e. The van der Waals surface area contributed by atoms with Crippen molar-refractivity contribution in [3.63, 3.8) is 0 Å². The molecule has 0 saturated heterocycles. The molecule has 1 atom stereocenters. The van der Waals surface area contributed by atoms with Gasteiger partial charge in [-0.15, -0.1) is 0 Å². The summed E-state index contributed by atoms with van der Waals surface area (Å²) in [6, 6.07) is 12.0. The summed E-state index contributed by atoms with van der Waals surface area (Å²) in [6.07, 6.45) is -0.791. The molecule has 110 valence electrons. The van der Waals surface area contributed by atoms with Crippen LogP contribution in [-0.2, 0) is 19.1 Å². The fraction of sp³-hybridized carbons (Fsp3) is 0.357. The van der Waals surface area contributed by atoms with E-state index in [4.69, 9.17) is 10.2 Å². The molecule has 6 heteroatoms. The summed E-state index contributed by atoms with van der Waals surface area (Å²) in [4.78, 5) is 32.2. The minimum Gasteiger partial charge on any atom is -0.481 e. The lowest BCUT2D eigenvalue weighted by molar-refractivity contribution is -0.171. The van der Waals surface area contributed by atoms with E-state index in [9.17, 15) is 14.4 Å². The van der Waals surface area contributed by atoms with Crippen molar-refractivity contribution in [1.82, 2.24) is 0 Å². The molecule has 0 aliphatic heterocycles. The molecule has 20 heavy (non-hydrogen) atoms. The first-order valence-corrected chi connectivity index (χ1v) is 5.97. The van der Waals surface area contributed by atoms with Crippen LogP contribution in [0.2, 0.25) is 0 Å². The molecule has 0 radical (unpaired) electrons.